The Bertz CT molecular complexity index is 1320. The highest BCUT2D eigenvalue weighted by Gasteiger charge is 2.46. The summed E-state index contributed by atoms with van der Waals surface area (Å²) in [5.74, 6) is -2.08. The van der Waals surface area contributed by atoms with Crippen molar-refractivity contribution in [3.63, 3.8) is 0 Å². The Labute approximate surface area is 190 Å². The minimum Gasteiger partial charge on any atom is -0.381 e. The summed E-state index contributed by atoms with van der Waals surface area (Å²) in [6.07, 6.45) is 7.28. The van der Waals surface area contributed by atoms with E-state index in [1.165, 1.54) is 46.0 Å². The SMILES string of the molecule is C[C@@H](N1Cc2sc(-c3cncnc3)nc2C1=O)[C@](O)(Cn1cncn1)c1ccc(F)cc1F. The highest BCUT2D eigenvalue weighted by Crippen LogP contribution is 2.39. The number of aliphatic hydroxyl groups is 1. The third-order valence-electron chi connectivity index (χ3n) is 5.71. The maximum absolute atomic E-state index is 14.8. The quantitative estimate of drug-likeness (QED) is 0.462. The first-order valence-corrected chi connectivity index (χ1v) is 10.7. The topological polar surface area (TPSA) is 110 Å². The number of fused-ring (bicyclic) bond motifs is 1. The van der Waals surface area contributed by atoms with Gasteiger partial charge in [-0.05, 0) is 13.0 Å². The number of amides is 1. The minimum atomic E-state index is -1.93. The average Bonchev–Trinajstić information content (AvgIpc) is 3.52. The zero-order valence-corrected chi connectivity index (χ0v) is 18.1. The zero-order valence-electron chi connectivity index (χ0n) is 17.3. The molecule has 0 radical (unpaired) electrons. The van der Waals surface area contributed by atoms with E-state index in [9.17, 15) is 18.7 Å². The van der Waals surface area contributed by atoms with Gasteiger partial charge in [0.25, 0.3) is 5.91 Å². The number of aromatic nitrogens is 6. The molecule has 0 saturated carbocycles. The second-order valence-electron chi connectivity index (χ2n) is 7.67. The van der Waals surface area contributed by atoms with E-state index in [0.717, 1.165) is 6.07 Å². The van der Waals surface area contributed by atoms with Gasteiger partial charge in [-0.15, -0.1) is 11.3 Å². The largest absolute Gasteiger partial charge is 0.381 e. The van der Waals surface area contributed by atoms with Crippen molar-refractivity contribution in [2.24, 2.45) is 0 Å². The lowest BCUT2D eigenvalue weighted by atomic mass is 9.85. The molecule has 168 valence electrons. The summed E-state index contributed by atoms with van der Waals surface area (Å²) in [7, 11) is 0. The van der Waals surface area contributed by atoms with Crippen LogP contribution >= 0.6 is 11.3 Å². The van der Waals surface area contributed by atoms with E-state index >= 15 is 0 Å². The predicted octanol–water partition coefficient (Wildman–Crippen LogP) is 2.40. The van der Waals surface area contributed by atoms with Crippen molar-refractivity contribution in [2.45, 2.75) is 31.7 Å². The van der Waals surface area contributed by atoms with Gasteiger partial charge in [0.1, 0.15) is 46.9 Å². The highest BCUT2D eigenvalue weighted by molar-refractivity contribution is 7.15. The van der Waals surface area contributed by atoms with Gasteiger partial charge in [0.2, 0.25) is 0 Å². The summed E-state index contributed by atoms with van der Waals surface area (Å²) in [5.41, 5.74) is -1.11. The minimum absolute atomic E-state index is 0.148. The number of thiazole rings is 1. The summed E-state index contributed by atoms with van der Waals surface area (Å²) < 4.78 is 29.7. The number of benzene rings is 1. The maximum atomic E-state index is 14.8. The molecule has 0 saturated heterocycles. The van der Waals surface area contributed by atoms with Crippen LogP contribution in [-0.2, 0) is 18.7 Å². The molecule has 1 amide bonds. The lowest BCUT2D eigenvalue weighted by Crippen LogP contribution is -2.52. The van der Waals surface area contributed by atoms with E-state index in [2.05, 4.69) is 25.0 Å². The second-order valence-corrected chi connectivity index (χ2v) is 8.75. The molecule has 0 aliphatic carbocycles. The van der Waals surface area contributed by atoms with Crippen molar-refractivity contribution >= 4 is 17.2 Å². The van der Waals surface area contributed by atoms with Gasteiger partial charge in [0.05, 0.1) is 24.0 Å². The van der Waals surface area contributed by atoms with E-state index < -0.39 is 29.2 Å². The number of nitrogens with zero attached hydrogens (tertiary/aromatic N) is 7. The van der Waals surface area contributed by atoms with Gasteiger partial charge in [-0.3, -0.25) is 4.79 Å². The molecule has 1 aromatic carbocycles. The van der Waals surface area contributed by atoms with Crippen LogP contribution in [0, 0.1) is 11.6 Å². The Kier molecular flexibility index (Phi) is 5.17. The Morgan fingerprint density at radius 3 is 2.67 bits per heavy atom. The number of halogens is 2. The summed E-state index contributed by atoms with van der Waals surface area (Å²) >= 11 is 1.33. The van der Waals surface area contributed by atoms with Gasteiger partial charge in [-0.2, -0.15) is 5.10 Å². The molecule has 0 spiro atoms. The first kappa shape index (κ1) is 21.2. The van der Waals surface area contributed by atoms with Crippen LogP contribution in [0.2, 0.25) is 0 Å². The van der Waals surface area contributed by atoms with Crippen molar-refractivity contribution in [1.82, 2.24) is 34.6 Å². The van der Waals surface area contributed by atoms with Gasteiger partial charge in [0.15, 0.2) is 0 Å². The molecule has 0 fully saturated rings. The van der Waals surface area contributed by atoms with Crippen LogP contribution in [0.4, 0.5) is 8.78 Å². The predicted molar refractivity (Wildman–Crippen MR) is 113 cm³/mol. The van der Waals surface area contributed by atoms with Gasteiger partial charge in [-0.25, -0.2) is 33.4 Å². The van der Waals surface area contributed by atoms with E-state index in [1.54, 1.807) is 19.3 Å². The number of hydrogen-bond acceptors (Lipinski definition) is 8. The van der Waals surface area contributed by atoms with Gasteiger partial charge in [0, 0.05) is 29.6 Å². The third kappa shape index (κ3) is 3.66. The molecule has 3 aromatic heterocycles. The standard InChI is InChI=1S/C21H17F2N7O2S/c1-12(21(32,8-29-11-26-10-27-29)15-3-2-14(22)4-16(15)23)30-7-17-18(20(30)31)28-19(33-17)13-5-24-9-25-6-13/h2-6,9-12,32H,7-8H2,1H3/t12-,21-/m1/s1. The average molecular weight is 469 g/mol. The number of hydrogen-bond donors (Lipinski definition) is 1. The number of rotatable bonds is 6. The van der Waals surface area contributed by atoms with E-state index in [1.807, 2.05) is 0 Å². The van der Waals surface area contributed by atoms with Crippen LogP contribution in [-0.4, -0.2) is 51.7 Å². The first-order chi connectivity index (χ1) is 15.9. The van der Waals surface area contributed by atoms with Crippen LogP contribution in [0.5, 0.6) is 0 Å². The van der Waals surface area contributed by atoms with Crippen LogP contribution in [0.1, 0.15) is 27.9 Å². The van der Waals surface area contributed by atoms with Crippen molar-refractivity contribution in [1.29, 1.82) is 0 Å². The molecule has 1 aliphatic heterocycles. The lowest BCUT2D eigenvalue weighted by molar-refractivity contribution is -0.0556. The molecule has 4 aromatic rings. The Balaban J connectivity index is 1.49. The fourth-order valence-electron chi connectivity index (χ4n) is 3.94. The normalized spacial score (nSPS) is 16.0. The molecule has 5 rings (SSSR count). The van der Waals surface area contributed by atoms with Crippen LogP contribution in [0.3, 0.4) is 0 Å². The van der Waals surface area contributed by atoms with Crippen molar-refractivity contribution in [2.75, 3.05) is 0 Å². The second kappa shape index (κ2) is 8.05. The van der Waals surface area contributed by atoms with E-state index in [4.69, 9.17) is 0 Å². The van der Waals surface area contributed by atoms with E-state index in [-0.39, 0.29) is 24.3 Å². The molecule has 2 atom stereocenters. The van der Waals surface area contributed by atoms with Crippen molar-refractivity contribution < 1.29 is 18.7 Å². The number of carbonyl (C=O) groups excluding carboxylic acids is 1. The molecule has 4 heterocycles. The summed E-state index contributed by atoms with van der Waals surface area (Å²) in [5, 5.41) is 16.4. The molecular weight excluding hydrogens is 452 g/mol. The fourth-order valence-corrected chi connectivity index (χ4v) is 4.96. The zero-order chi connectivity index (χ0) is 23.2. The maximum Gasteiger partial charge on any atom is 0.274 e. The van der Waals surface area contributed by atoms with Gasteiger partial charge >= 0.3 is 0 Å². The van der Waals surface area contributed by atoms with Gasteiger partial charge in [-0.1, -0.05) is 6.07 Å². The number of carbonyl (C=O) groups is 1. The third-order valence-corrected chi connectivity index (χ3v) is 6.80. The smallest absolute Gasteiger partial charge is 0.274 e. The van der Waals surface area contributed by atoms with Crippen molar-refractivity contribution in [3.8, 4) is 10.6 Å². The molecular formula is C21H17F2N7O2S. The Morgan fingerprint density at radius 2 is 2.00 bits per heavy atom. The molecule has 0 unspecified atom stereocenters. The Hall–Kier alpha value is -3.64. The molecule has 12 heteroatoms. The summed E-state index contributed by atoms with van der Waals surface area (Å²) in [6.45, 7) is 1.59. The first-order valence-electron chi connectivity index (χ1n) is 9.93. The highest BCUT2D eigenvalue weighted by atomic mass is 32.1. The van der Waals surface area contributed by atoms with Crippen LogP contribution < -0.4 is 0 Å². The molecule has 9 nitrogen and oxygen atoms in total. The van der Waals surface area contributed by atoms with Gasteiger partial charge < -0.3 is 10.0 Å². The molecule has 33 heavy (non-hydrogen) atoms. The lowest BCUT2D eigenvalue weighted by Gasteiger charge is -2.39. The molecule has 0 bridgehead atoms. The van der Waals surface area contributed by atoms with Crippen LogP contribution in [0.15, 0.2) is 49.6 Å². The van der Waals surface area contributed by atoms with Crippen molar-refractivity contribution in [3.05, 3.63) is 77.3 Å². The Morgan fingerprint density at radius 1 is 1.21 bits per heavy atom. The van der Waals surface area contributed by atoms with Crippen LogP contribution in [0.25, 0.3) is 10.6 Å². The monoisotopic (exact) mass is 469 g/mol. The fraction of sp³-hybridized carbons (Fsp3) is 0.238. The summed E-state index contributed by atoms with van der Waals surface area (Å²) in [4.78, 5) is 31.6. The molecule has 1 N–H and O–H groups in total. The van der Waals surface area contributed by atoms with E-state index in [0.29, 0.717) is 21.5 Å². The summed E-state index contributed by atoms with van der Waals surface area (Å²) in [6, 6.07) is 2.04. The molecule has 1 aliphatic rings.